The molecule has 0 aliphatic rings. The number of nitrogen functional groups attached to an aromatic ring is 1. The molecule has 2 aromatic rings. The van der Waals surface area contributed by atoms with Crippen molar-refractivity contribution in [2.75, 3.05) is 5.73 Å². The Hall–Kier alpha value is -2.81. The maximum atomic E-state index is 12.1. The van der Waals surface area contributed by atoms with Crippen LogP contribution >= 0.6 is 0 Å². The standard InChI is InChI=1S/C16H19N5O/c1-10(2)11(3)20-16(22)12-4-6-14(7-5-12)21-15(18)13(8-17)9-19-21/h4-7,9-11H,18H2,1-3H3,(H,20,22)/t11-/m0/s1. The van der Waals surface area contributed by atoms with Gasteiger partial charge in [-0.2, -0.15) is 10.4 Å². The number of amides is 1. The van der Waals surface area contributed by atoms with Crippen LogP contribution in [0.3, 0.4) is 0 Å². The fraction of sp³-hybridized carbons (Fsp3) is 0.312. The summed E-state index contributed by atoms with van der Waals surface area (Å²) in [6.07, 6.45) is 1.42. The van der Waals surface area contributed by atoms with Crippen LogP contribution in [0, 0.1) is 17.2 Å². The second-order valence-corrected chi connectivity index (χ2v) is 5.52. The van der Waals surface area contributed by atoms with Gasteiger partial charge in [0.05, 0.1) is 11.9 Å². The van der Waals surface area contributed by atoms with Crippen LogP contribution in [0.1, 0.15) is 36.7 Å². The Morgan fingerprint density at radius 1 is 1.32 bits per heavy atom. The Balaban J connectivity index is 2.18. The van der Waals surface area contributed by atoms with Crippen molar-refractivity contribution in [3.63, 3.8) is 0 Å². The van der Waals surface area contributed by atoms with Gasteiger partial charge in [0.15, 0.2) is 0 Å². The number of nitriles is 1. The second kappa shape index (κ2) is 6.31. The molecule has 3 N–H and O–H groups in total. The summed E-state index contributed by atoms with van der Waals surface area (Å²) >= 11 is 0. The highest BCUT2D eigenvalue weighted by Crippen LogP contribution is 2.17. The SMILES string of the molecule is CC(C)[C@H](C)NC(=O)c1ccc(-n2ncc(C#N)c2N)cc1. The minimum atomic E-state index is -0.112. The number of hydrogen-bond donors (Lipinski definition) is 2. The Morgan fingerprint density at radius 2 is 1.95 bits per heavy atom. The summed E-state index contributed by atoms with van der Waals surface area (Å²) in [4.78, 5) is 12.1. The largest absolute Gasteiger partial charge is 0.382 e. The summed E-state index contributed by atoms with van der Waals surface area (Å²) in [5.74, 6) is 0.545. The van der Waals surface area contributed by atoms with Gasteiger partial charge in [-0.05, 0) is 37.1 Å². The molecule has 0 aliphatic heterocycles. The lowest BCUT2D eigenvalue weighted by atomic mass is 10.1. The van der Waals surface area contributed by atoms with Crippen LogP contribution in [0.5, 0.6) is 0 Å². The van der Waals surface area contributed by atoms with Gasteiger partial charge in [0, 0.05) is 11.6 Å². The lowest BCUT2D eigenvalue weighted by Gasteiger charge is -2.17. The van der Waals surface area contributed by atoms with Gasteiger partial charge in [-0.25, -0.2) is 4.68 Å². The predicted octanol–water partition coefficient (Wildman–Crippen LogP) is 2.10. The van der Waals surface area contributed by atoms with Crippen molar-refractivity contribution in [2.24, 2.45) is 5.92 Å². The zero-order valence-electron chi connectivity index (χ0n) is 12.9. The molecule has 6 nitrogen and oxygen atoms in total. The van der Waals surface area contributed by atoms with E-state index in [2.05, 4.69) is 24.3 Å². The van der Waals surface area contributed by atoms with Crippen molar-refractivity contribution in [3.05, 3.63) is 41.6 Å². The normalized spacial score (nSPS) is 12.0. The van der Waals surface area contributed by atoms with Crippen LogP contribution < -0.4 is 11.1 Å². The fourth-order valence-corrected chi connectivity index (χ4v) is 1.86. The van der Waals surface area contributed by atoms with Crippen LogP contribution in [0.15, 0.2) is 30.5 Å². The Kier molecular flexibility index (Phi) is 4.47. The average molecular weight is 297 g/mol. The Bertz CT molecular complexity index is 709. The number of nitrogens with one attached hydrogen (secondary N) is 1. The number of carbonyl (C=O) groups is 1. The monoisotopic (exact) mass is 297 g/mol. The number of nitrogens with two attached hydrogens (primary N) is 1. The molecule has 1 amide bonds. The van der Waals surface area contributed by atoms with E-state index in [0.29, 0.717) is 22.7 Å². The first-order valence-electron chi connectivity index (χ1n) is 7.09. The van der Waals surface area contributed by atoms with Gasteiger partial charge in [-0.3, -0.25) is 4.79 Å². The summed E-state index contributed by atoms with van der Waals surface area (Å²) in [5.41, 5.74) is 7.44. The molecule has 0 saturated heterocycles. The average Bonchev–Trinajstić information content (AvgIpc) is 2.88. The molecule has 22 heavy (non-hydrogen) atoms. The van der Waals surface area contributed by atoms with Gasteiger partial charge in [-0.1, -0.05) is 13.8 Å². The Morgan fingerprint density at radius 3 is 2.45 bits per heavy atom. The van der Waals surface area contributed by atoms with Crippen molar-refractivity contribution in [3.8, 4) is 11.8 Å². The minimum absolute atomic E-state index is 0.104. The van der Waals surface area contributed by atoms with E-state index < -0.39 is 0 Å². The molecule has 1 aromatic carbocycles. The molecule has 0 spiro atoms. The number of aromatic nitrogens is 2. The van der Waals surface area contributed by atoms with E-state index in [-0.39, 0.29) is 17.8 Å². The molecule has 0 unspecified atom stereocenters. The summed E-state index contributed by atoms with van der Waals surface area (Å²) in [5, 5.41) is 15.9. The van der Waals surface area contributed by atoms with Crippen molar-refractivity contribution in [2.45, 2.75) is 26.8 Å². The molecule has 0 bridgehead atoms. The fourth-order valence-electron chi connectivity index (χ4n) is 1.86. The van der Waals surface area contributed by atoms with Crippen LogP contribution in [0.4, 0.5) is 5.82 Å². The Labute approximate surface area is 129 Å². The lowest BCUT2D eigenvalue weighted by Crippen LogP contribution is -2.36. The summed E-state index contributed by atoms with van der Waals surface area (Å²) in [7, 11) is 0. The van der Waals surface area contributed by atoms with E-state index in [1.165, 1.54) is 10.9 Å². The highest BCUT2D eigenvalue weighted by atomic mass is 16.1. The molecule has 114 valence electrons. The van der Waals surface area contributed by atoms with Crippen LogP contribution in [0.25, 0.3) is 5.69 Å². The van der Waals surface area contributed by atoms with Gasteiger partial charge in [0.1, 0.15) is 17.5 Å². The van der Waals surface area contributed by atoms with Gasteiger partial charge in [0.25, 0.3) is 5.91 Å². The van der Waals surface area contributed by atoms with Gasteiger partial charge in [0.2, 0.25) is 0 Å². The van der Waals surface area contributed by atoms with Gasteiger partial charge < -0.3 is 11.1 Å². The molecular weight excluding hydrogens is 278 g/mol. The first-order valence-corrected chi connectivity index (χ1v) is 7.09. The summed E-state index contributed by atoms with van der Waals surface area (Å²) in [6.45, 7) is 6.09. The van der Waals surface area contributed by atoms with Crippen LogP contribution in [-0.2, 0) is 0 Å². The molecule has 2 rings (SSSR count). The third-order valence-corrected chi connectivity index (χ3v) is 3.66. The molecule has 6 heteroatoms. The van der Waals surface area contributed by atoms with E-state index in [4.69, 9.17) is 11.0 Å². The molecule has 0 aliphatic carbocycles. The first-order chi connectivity index (χ1) is 10.4. The van der Waals surface area contributed by atoms with E-state index >= 15 is 0 Å². The van der Waals surface area contributed by atoms with Crippen molar-refractivity contribution < 1.29 is 4.79 Å². The predicted molar refractivity (Wildman–Crippen MR) is 84.5 cm³/mol. The first kappa shape index (κ1) is 15.6. The molecule has 0 radical (unpaired) electrons. The highest BCUT2D eigenvalue weighted by molar-refractivity contribution is 5.94. The van der Waals surface area contributed by atoms with Crippen LogP contribution in [-0.4, -0.2) is 21.7 Å². The summed E-state index contributed by atoms with van der Waals surface area (Å²) in [6, 6.07) is 9.00. The number of nitrogens with zero attached hydrogens (tertiary/aromatic N) is 3. The molecule has 0 saturated carbocycles. The smallest absolute Gasteiger partial charge is 0.251 e. The lowest BCUT2D eigenvalue weighted by molar-refractivity contribution is 0.0930. The van der Waals surface area contributed by atoms with Crippen molar-refractivity contribution in [1.29, 1.82) is 5.26 Å². The van der Waals surface area contributed by atoms with Crippen molar-refractivity contribution >= 4 is 11.7 Å². The minimum Gasteiger partial charge on any atom is -0.382 e. The third kappa shape index (κ3) is 3.09. The number of rotatable bonds is 4. The third-order valence-electron chi connectivity index (χ3n) is 3.66. The van der Waals surface area contributed by atoms with E-state index in [1.54, 1.807) is 24.3 Å². The molecular formula is C16H19N5O. The van der Waals surface area contributed by atoms with Crippen LogP contribution in [0.2, 0.25) is 0 Å². The summed E-state index contributed by atoms with van der Waals surface area (Å²) < 4.78 is 1.47. The molecule has 1 atom stereocenters. The van der Waals surface area contributed by atoms with Gasteiger partial charge >= 0.3 is 0 Å². The highest BCUT2D eigenvalue weighted by Gasteiger charge is 2.13. The maximum Gasteiger partial charge on any atom is 0.251 e. The number of carbonyl (C=O) groups excluding carboxylic acids is 1. The molecule has 1 heterocycles. The maximum absolute atomic E-state index is 12.1. The molecule has 1 aromatic heterocycles. The van der Waals surface area contributed by atoms with Crippen molar-refractivity contribution in [1.82, 2.24) is 15.1 Å². The van der Waals surface area contributed by atoms with E-state index in [9.17, 15) is 4.79 Å². The zero-order chi connectivity index (χ0) is 16.3. The number of anilines is 1. The van der Waals surface area contributed by atoms with Gasteiger partial charge in [-0.15, -0.1) is 0 Å². The molecule has 0 fully saturated rings. The topological polar surface area (TPSA) is 96.7 Å². The number of hydrogen-bond acceptors (Lipinski definition) is 4. The van der Waals surface area contributed by atoms with E-state index in [1.807, 2.05) is 13.0 Å². The number of benzene rings is 1. The quantitative estimate of drug-likeness (QED) is 0.903. The second-order valence-electron chi connectivity index (χ2n) is 5.52. The zero-order valence-corrected chi connectivity index (χ0v) is 12.9. The van der Waals surface area contributed by atoms with E-state index in [0.717, 1.165) is 0 Å².